The van der Waals surface area contributed by atoms with Crippen molar-refractivity contribution in [3.05, 3.63) is 89.5 Å². The minimum atomic E-state index is -3.91. The zero-order chi connectivity index (χ0) is 22.8. The Bertz CT molecular complexity index is 1280. The van der Waals surface area contributed by atoms with E-state index in [2.05, 4.69) is 5.32 Å². The molecule has 0 saturated heterocycles. The molecule has 0 fully saturated rings. The van der Waals surface area contributed by atoms with Gasteiger partial charge < -0.3 is 5.32 Å². The standard InChI is InChI=1S/C23H20F2N2O3S/c1-14-13-17(9-12-20(14)24)15(2)22(25)23(28)27-18-10-7-16(8-11-18)19-5-3-4-6-21(19)31(26,29)30/h3-13H,1-2H3,(H,27,28)(H2,26,29,30)/b22-15+. The van der Waals surface area contributed by atoms with Gasteiger partial charge in [-0.2, -0.15) is 0 Å². The first-order valence-electron chi connectivity index (χ1n) is 9.24. The number of nitrogens with two attached hydrogens (primary N) is 1. The summed E-state index contributed by atoms with van der Waals surface area (Å²) in [6.07, 6.45) is 0. The highest BCUT2D eigenvalue weighted by Gasteiger charge is 2.16. The summed E-state index contributed by atoms with van der Waals surface area (Å²) in [5.41, 5.74) is 2.13. The number of halogens is 2. The number of nitrogens with one attached hydrogen (secondary N) is 1. The van der Waals surface area contributed by atoms with Gasteiger partial charge >= 0.3 is 0 Å². The highest BCUT2D eigenvalue weighted by Crippen LogP contribution is 2.28. The number of sulfonamides is 1. The molecule has 0 aliphatic heterocycles. The number of hydrogen-bond acceptors (Lipinski definition) is 3. The van der Waals surface area contributed by atoms with Crippen molar-refractivity contribution in [2.75, 3.05) is 5.32 Å². The molecule has 3 rings (SSSR count). The van der Waals surface area contributed by atoms with E-state index in [1.54, 1.807) is 37.3 Å². The van der Waals surface area contributed by atoms with Gasteiger partial charge in [-0.1, -0.05) is 36.4 Å². The maximum Gasteiger partial charge on any atom is 0.284 e. The van der Waals surface area contributed by atoms with E-state index in [0.29, 0.717) is 27.9 Å². The molecular weight excluding hydrogens is 422 g/mol. The van der Waals surface area contributed by atoms with E-state index in [9.17, 15) is 22.0 Å². The van der Waals surface area contributed by atoms with Crippen LogP contribution >= 0.6 is 0 Å². The van der Waals surface area contributed by atoms with Gasteiger partial charge in [0, 0.05) is 11.3 Å². The number of hydrogen-bond donors (Lipinski definition) is 2. The molecule has 8 heteroatoms. The van der Waals surface area contributed by atoms with Crippen LogP contribution in [0.3, 0.4) is 0 Å². The largest absolute Gasteiger partial charge is 0.320 e. The van der Waals surface area contributed by atoms with E-state index in [1.807, 2.05) is 0 Å². The van der Waals surface area contributed by atoms with Gasteiger partial charge in [0.25, 0.3) is 5.91 Å². The Labute approximate surface area is 179 Å². The van der Waals surface area contributed by atoms with E-state index >= 15 is 0 Å². The second-order valence-corrected chi connectivity index (χ2v) is 8.51. The molecule has 0 saturated carbocycles. The quantitative estimate of drug-likeness (QED) is 0.557. The van der Waals surface area contributed by atoms with Gasteiger partial charge in [0.15, 0.2) is 5.83 Å². The lowest BCUT2D eigenvalue weighted by molar-refractivity contribution is -0.114. The van der Waals surface area contributed by atoms with Crippen molar-refractivity contribution < 1.29 is 22.0 Å². The van der Waals surface area contributed by atoms with Crippen LogP contribution in [0.2, 0.25) is 0 Å². The molecule has 3 aromatic rings. The molecule has 1 amide bonds. The fourth-order valence-corrected chi connectivity index (χ4v) is 3.81. The second kappa shape index (κ2) is 8.79. The third-order valence-electron chi connectivity index (χ3n) is 4.77. The number of anilines is 1. The van der Waals surface area contributed by atoms with Crippen LogP contribution in [0.5, 0.6) is 0 Å². The van der Waals surface area contributed by atoms with E-state index < -0.39 is 27.6 Å². The number of carbonyl (C=O) groups is 1. The fourth-order valence-electron chi connectivity index (χ4n) is 3.05. The molecule has 0 unspecified atom stereocenters. The highest BCUT2D eigenvalue weighted by atomic mass is 32.2. The van der Waals surface area contributed by atoms with Crippen LogP contribution < -0.4 is 10.5 Å². The molecule has 0 aromatic heterocycles. The van der Waals surface area contributed by atoms with Crippen LogP contribution in [0.25, 0.3) is 16.7 Å². The molecule has 160 valence electrons. The fraction of sp³-hybridized carbons (Fsp3) is 0.0870. The monoisotopic (exact) mass is 442 g/mol. The third kappa shape index (κ3) is 5.04. The molecule has 0 bridgehead atoms. The molecular formula is C23H20F2N2O3S. The van der Waals surface area contributed by atoms with Gasteiger partial charge in [0.1, 0.15) is 5.82 Å². The summed E-state index contributed by atoms with van der Waals surface area (Å²) >= 11 is 0. The molecule has 0 radical (unpaired) electrons. The number of benzene rings is 3. The van der Waals surface area contributed by atoms with Crippen LogP contribution in [-0.2, 0) is 14.8 Å². The van der Waals surface area contributed by atoms with Crippen molar-refractivity contribution in [1.82, 2.24) is 0 Å². The Hall–Kier alpha value is -3.36. The van der Waals surface area contributed by atoms with Gasteiger partial charge in [-0.15, -0.1) is 0 Å². The smallest absolute Gasteiger partial charge is 0.284 e. The third-order valence-corrected chi connectivity index (χ3v) is 5.74. The minimum absolute atomic E-state index is 0.0222. The molecule has 0 heterocycles. The van der Waals surface area contributed by atoms with Gasteiger partial charge in [0.05, 0.1) is 4.90 Å². The van der Waals surface area contributed by atoms with E-state index in [-0.39, 0.29) is 10.5 Å². The summed E-state index contributed by atoms with van der Waals surface area (Å²) in [6, 6.07) is 16.6. The van der Waals surface area contributed by atoms with E-state index in [0.717, 1.165) is 0 Å². The molecule has 3 aromatic carbocycles. The Morgan fingerprint density at radius 3 is 2.26 bits per heavy atom. The molecule has 31 heavy (non-hydrogen) atoms. The predicted octanol–water partition coefficient (Wildman–Crippen LogP) is 4.79. The average molecular weight is 442 g/mol. The first kappa shape index (κ1) is 22.3. The van der Waals surface area contributed by atoms with Gasteiger partial charge in [-0.25, -0.2) is 22.3 Å². The maximum absolute atomic E-state index is 14.6. The molecule has 0 atom stereocenters. The predicted molar refractivity (Wildman–Crippen MR) is 117 cm³/mol. The van der Waals surface area contributed by atoms with E-state index in [1.165, 1.54) is 43.3 Å². The maximum atomic E-state index is 14.6. The topological polar surface area (TPSA) is 89.3 Å². The Balaban J connectivity index is 1.83. The second-order valence-electron chi connectivity index (χ2n) is 6.98. The molecule has 3 N–H and O–H groups in total. The number of aryl methyl sites for hydroxylation is 1. The molecule has 0 spiro atoms. The number of allylic oxidation sites excluding steroid dienone is 1. The lowest BCUT2D eigenvalue weighted by Gasteiger charge is -2.10. The van der Waals surface area contributed by atoms with Crippen LogP contribution in [0.4, 0.5) is 14.5 Å². The van der Waals surface area contributed by atoms with Crippen LogP contribution in [0, 0.1) is 12.7 Å². The number of carbonyl (C=O) groups excluding carboxylic acids is 1. The van der Waals surface area contributed by atoms with Crippen LogP contribution in [-0.4, -0.2) is 14.3 Å². The molecule has 0 aliphatic carbocycles. The summed E-state index contributed by atoms with van der Waals surface area (Å²) in [6.45, 7) is 2.99. The zero-order valence-electron chi connectivity index (χ0n) is 16.8. The zero-order valence-corrected chi connectivity index (χ0v) is 17.6. The van der Waals surface area contributed by atoms with Gasteiger partial charge in [-0.05, 0) is 66.4 Å². The SMILES string of the molecule is C/C(=C(\F)C(=O)Nc1ccc(-c2ccccc2S(N)(=O)=O)cc1)c1ccc(F)c(C)c1. The normalized spacial score (nSPS) is 12.3. The van der Waals surface area contributed by atoms with Gasteiger partial charge in [-0.3, -0.25) is 4.79 Å². The molecule has 5 nitrogen and oxygen atoms in total. The summed E-state index contributed by atoms with van der Waals surface area (Å²) in [7, 11) is -3.91. The lowest BCUT2D eigenvalue weighted by Crippen LogP contribution is -2.13. The van der Waals surface area contributed by atoms with Crippen molar-refractivity contribution in [3.8, 4) is 11.1 Å². The van der Waals surface area contributed by atoms with Crippen molar-refractivity contribution >= 4 is 27.2 Å². The van der Waals surface area contributed by atoms with Crippen LogP contribution in [0.1, 0.15) is 18.1 Å². The van der Waals surface area contributed by atoms with Crippen LogP contribution in [0.15, 0.2) is 77.5 Å². The molecule has 0 aliphatic rings. The Kier molecular flexibility index (Phi) is 6.33. The van der Waals surface area contributed by atoms with Gasteiger partial charge in [0.2, 0.25) is 10.0 Å². The number of primary sulfonamides is 1. The highest BCUT2D eigenvalue weighted by molar-refractivity contribution is 7.89. The Morgan fingerprint density at radius 1 is 1.00 bits per heavy atom. The first-order chi connectivity index (χ1) is 14.6. The van der Waals surface area contributed by atoms with Crippen molar-refractivity contribution in [2.24, 2.45) is 5.14 Å². The van der Waals surface area contributed by atoms with Crippen molar-refractivity contribution in [2.45, 2.75) is 18.7 Å². The number of rotatable bonds is 5. The number of amides is 1. The summed E-state index contributed by atoms with van der Waals surface area (Å²) in [4.78, 5) is 12.3. The van der Waals surface area contributed by atoms with Crippen molar-refractivity contribution in [3.63, 3.8) is 0 Å². The minimum Gasteiger partial charge on any atom is -0.320 e. The summed E-state index contributed by atoms with van der Waals surface area (Å²) < 4.78 is 51.6. The lowest BCUT2D eigenvalue weighted by atomic mass is 10.0. The van der Waals surface area contributed by atoms with E-state index in [4.69, 9.17) is 5.14 Å². The van der Waals surface area contributed by atoms with Crippen molar-refractivity contribution in [1.29, 1.82) is 0 Å². The average Bonchev–Trinajstić information content (AvgIpc) is 2.74. The first-order valence-corrected chi connectivity index (χ1v) is 10.8. The summed E-state index contributed by atoms with van der Waals surface area (Å²) in [5, 5.41) is 7.72. The summed E-state index contributed by atoms with van der Waals surface area (Å²) in [5.74, 6) is -2.35. The Morgan fingerprint density at radius 2 is 1.65 bits per heavy atom.